The van der Waals surface area contributed by atoms with E-state index in [1.54, 1.807) is 12.6 Å². The number of carbonyl (C=O) groups excluding carboxylic acids is 1. The molecule has 4 nitrogen and oxygen atoms in total. The number of nitrogens with one attached hydrogen (secondary N) is 1. The van der Waals surface area contributed by atoms with E-state index in [1.807, 2.05) is 31.2 Å². The molecule has 1 heterocycles. The Morgan fingerprint density at radius 1 is 1.35 bits per heavy atom. The van der Waals surface area contributed by atoms with E-state index in [1.165, 1.54) is 16.9 Å². The van der Waals surface area contributed by atoms with Crippen molar-refractivity contribution in [2.24, 2.45) is 0 Å². The number of ether oxygens (including phenoxy) is 1. The van der Waals surface area contributed by atoms with Gasteiger partial charge in [-0.05, 0) is 30.5 Å². The van der Waals surface area contributed by atoms with Crippen molar-refractivity contribution in [2.45, 2.75) is 19.8 Å². The third-order valence-corrected chi connectivity index (χ3v) is 3.91. The lowest BCUT2D eigenvalue weighted by atomic mass is 10.1. The molecule has 1 N–H and O–H groups in total. The fourth-order valence-electron chi connectivity index (χ4n) is 1.90. The Hall–Kier alpha value is -1.88. The van der Waals surface area contributed by atoms with Crippen LogP contribution in [0.1, 0.15) is 27.9 Å². The van der Waals surface area contributed by atoms with Crippen LogP contribution >= 0.6 is 11.3 Å². The number of methoxy groups -OCH3 is 1. The van der Waals surface area contributed by atoms with Gasteiger partial charge in [0, 0.05) is 6.54 Å². The topological polar surface area (TPSA) is 51.2 Å². The summed E-state index contributed by atoms with van der Waals surface area (Å²) in [6.07, 6.45) is 1.58. The van der Waals surface area contributed by atoms with Gasteiger partial charge in [0.2, 0.25) is 0 Å². The fraction of sp³-hybridized carbons (Fsp3) is 0.333. The standard InChI is InChI=1S/C15H18N2O2S/c1-3-13-14(20-10-17-13)15(18)16-9-8-11-4-6-12(19-2)7-5-11/h4-7,10H,3,8-9H2,1-2H3,(H,16,18). The van der Waals surface area contributed by atoms with Crippen LogP contribution in [0.3, 0.4) is 0 Å². The molecule has 0 bridgehead atoms. The summed E-state index contributed by atoms with van der Waals surface area (Å²) in [4.78, 5) is 16.9. The van der Waals surface area contributed by atoms with Gasteiger partial charge in [-0.2, -0.15) is 0 Å². The van der Waals surface area contributed by atoms with Crippen molar-refractivity contribution >= 4 is 17.2 Å². The summed E-state index contributed by atoms with van der Waals surface area (Å²) in [5.74, 6) is 0.813. The Kier molecular flexibility index (Phi) is 5.12. The second-order valence-corrected chi connectivity index (χ2v) is 5.19. The molecule has 1 amide bonds. The second kappa shape index (κ2) is 7.05. The predicted molar refractivity (Wildman–Crippen MR) is 80.5 cm³/mol. The van der Waals surface area contributed by atoms with Gasteiger partial charge in [0.25, 0.3) is 5.91 Å². The molecule has 0 spiro atoms. The van der Waals surface area contributed by atoms with Crippen LogP contribution in [-0.2, 0) is 12.8 Å². The number of carbonyl (C=O) groups is 1. The van der Waals surface area contributed by atoms with Crippen molar-refractivity contribution in [3.05, 3.63) is 45.9 Å². The van der Waals surface area contributed by atoms with E-state index in [4.69, 9.17) is 4.74 Å². The number of amides is 1. The minimum absolute atomic E-state index is 0.0298. The van der Waals surface area contributed by atoms with Crippen LogP contribution < -0.4 is 10.1 Å². The molecule has 0 unspecified atom stereocenters. The van der Waals surface area contributed by atoms with Gasteiger partial charge in [0.15, 0.2) is 0 Å². The number of aromatic nitrogens is 1. The minimum Gasteiger partial charge on any atom is -0.497 e. The van der Waals surface area contributed by atoms with Crippen molar-refractivity contribution in [3.8, 4) is 5.75 Å². The first-order valence-electron chi connectivity index (χ1n) is 6.58. The van der Waals surface area contributed by atoms with Crippen LogP contribution in [0.25, 0.3) is 0 Å². The maximum absolute atomic E-state index is 12.0. The van der Waals surface area contributed by atoms with Crippen LogP contribution in [0, 0.1) is 0 Å². The average molecular weight is 290 g/mol. The van der Waals surface area contributed by atoms with E-state index >= 15 is 0 Å². The summed E-state index contributed by atoms with van der Waals surface area (Å²) in [5.41, 5.74) is 3.76. The Balaban J connectivity index is 1.84. The van der Waals surface area contributed by atoms with Gasteiger partial charge in [-0.25, -0.2) is 4.98 Å². The summed E-state index contributed by atoms with van der Waals surface area (Å²) in [7, 11) is 1.65. The van der Waals surface area contributed by atoms with Gasteiger partial charge in [-0.3, -0.25) is 4.79 Å². The first-order chi connectivity index (χ1) is 9.74. The molecule has 0 radical (unpaired) electrons. The molecule has 106 valence electrons. The van der Waals surface area contributed by atoms with Gasteiger partial charge in [0.05, 0.1) is 18.3 Å². The third-order valence-electron chi connectivity index (χ3n) is 3.04. The fourth-order valence-corrected chi connectivity index (χ4v) is 2.70. The molecule has 0 aliphatic carbocycles. The van der Waals surface area contributed by atoms with Gasteiger partial charge in [-0.1, -0.05) is 19.1 Å². The van der Waals surface area contributed by atoms with Gasteiger partial charge < -0.3 is 10.1 Å². The monoisotopic (exact) mass is 290 g/mol. The van der Waals surface area contributed by atoms with Gasteiger partial charge >= 0.3 is 0 Å². The first-order valence-corrected chi connectivity index (χ1v) is 7.46. The summed E-state index contributed by atoms with van der Waals surface area (Å²) in [5, 5.41) is 2.94. The van der Waals surface area contributed by atoms with E-state index in [0.29, 0.717) is 6.54 Å². The Labute approximate surface area is 122 Å². The number of hydrogen-bond acceptors (Lipinski definition) is 4. The quantitative estimate of drug-likeness (QED) is 0.890. The highest BCUT2D eigenvalue weighted by atomic mass is 32.1. The smallest absolute Gasteiger partial charge is 0.263 e. The Bertz CT molecular complexity index is 564. The van der Waals surface area contributed by atoms with Gasteiger partial charge in [-0.15, -0.1) is 11.3 Å². The zero-order valence-electron chi connectivity index (χ0n) is 11.7. The molecular weight excluding hydrogens is 272 g/mol. The summed E-state index contributed by atoms with van der Waals surface area (Å²) in [6, 6.07) is 7.87. The minimum atomic E-state index is -0.0298. The van der Waals surface area contributed by atoms with Crippen molar-refractivity contribution < 1.29 is 9.53 Å². The first kappa shape index (κ1) is 14.5. The maximum Gasteiger partial charge on any atom is 0.263 e. The number of benzene rings is 1. The zero-order valence-corrected chi connectivity index (χ0v) is 12.5. The SMILES string of the molecule is CCc1ncsc1C(=O)NCCc1ccc(OC)cc1. The average Bonchev–Trinajstić information content (AvgIpc) is 2.96. The lowest BCUT2D eigenvalue weighted by Crippen LogP contribution is -2.25. The molecule has 0 fully saturated rings. The van der Waals surface area contributed by atoms with Crippen molar-refractivity contribution in [3.63, 3.8) is 0 Å². The van der Waals surface area contributed by atoms with Crippen LogP contribution in [0.2, 0.25) is 0 Å². The normalized spacial score (nSPS) is 10.3. The number of nitrogens with zero attached hydrogens (tertiary/aromatic N) is 1. The summed E-state index contributed by atoms with van der Waals surface area (Å²) in [6.45, 7) is 2.62. The van der Waals surface area contributed by atoms with E-state index < -0.39 is 0 Å². The van der Waals surface area contributed by atoms with Crippen LogP contribution in [-0.4, -0.2) is 24.5 Å². The second-order valence-electron chi connectivity index (χ2n) is 4.34. The number of rotatable bonds is 6. The molecule has 1 aromatic carbocycles. The number of thiazole rings is 1. The highest BCUT2D eigenvalue weighted by Gasteiger charge is 2.12. The lowest BCUT2D eigenvalue weighted by Gasteiger charge is -2.06. The molecule has 2 rings (SSSR count). The molecule has 2 aromatic rings. The molecule has 5 heteroatoms. The number of hydrogen-bond donors (Lipinski definition) is 1. The van der Waals surface area contributed by atoms with Crippen molar-refractivity contribution in [1.29, 1.82) is 0 Å². The molecule has 0 saturated heterocycles. The van der Waals surface area contributed by atoms with E-state index in [0.717, 1.165) is 29.2 Å². The number of aryl methyl sites for hydroxylation is 1. The van der Waals surface area contributed by atoms with Crippen LogP contribution in [0.5, 0.6) is 5.75 Å². The predicted octanol–water partition coefficient (Wildman–Crippen LogP) is 2.69. The molecule has 1 aromatic heterocycles. The molecular formula is C15H18N2O2S. The molecule has 0 aliphatic rings. The molecule has 0 aliphatic heterocycles. The molecule has 0 saturated carbocycles. The zero-order chi connectivity index (χ0) is 14.4. The highest BCUT2D eigenvalue weighted by Crippen LogP contribution is 2.14. The summed E-state index contributed by atoms with van der Waals surface area (Å²) >= 11 is 1.39. The van der Waals surface area contributed by atoms with Crippen molar-refractivity contribution in [2.75, 3.05) is 13.7 Å². The van der Waals surface area contributed by atoms with Crippen molar-refractivity contribution in [1.82, 2.24) is 10.3 Å². The van der Waals surface area contributed by atoms with E-state index in [2.05, 4.69) is 10.3 Å². The van der Waals surface area contributed by atoms with Crippen LogP contribution in [0.4, 0.5) is 0 Å². The maximum atomic E-state index is 12.0. The Morgan fingerprint density at radius 3 is 2.75 bits per heavy atom. The van der Waals surface area contributed by atoms with E-state index in [-0.39, 0.29) is 5.91 Å². The summed E-state index contributed by atoms with van der Waals surface area (Å²) < 4.78 is 5.11. The van der Waals surface area contributed by atoms with Gasteiger partial charge in [0.1, 0.15) is 10.6 Å². The molecule has 20 heavy (non-hydrogen) atoms. The third kappa shape index (κ3) is 3.57. The largest absolute Gasteiger partial charge is 0.497 e. The molecule has 0 atom stereocenters. The Morgan fingerprint density at radius 2 is 2.10 bits per heavy atom. The highest BCUT2D eigenvalue weighted by molar-refractivity contribution is 7.11. The van der Waals surface area contributed by atoms with E-state index in [9.17, 15) is 4.79 Å². The lowest BCUT2D eigenvalue weighted by molar-refractivity contribution is 0.0957. The van der Waals surface area contributed by atoms with Crippen LogP contribution in [0.15, 0.2) is 29.8 Å².